The molecule has 0 aromatic carbocycles. The van der Waals surface area contributed by atoms with Crippen molar-refractivity contribution in [1.82, 2.24) is 14.8 Å². The number of aromatic nitrogens is 3. The number of rotatable bonds is 4. The second kappa shape index (κ2) is 5.58. The molecule has 6 heteroatoms. The van der Waals surface area contributed by atoms with Gasteiger partial charge in [0.05, 0.1) is 33.0 Å². The van der Waals surface area contributed by atoms with Gasteiger partial charge in [0, 0.05) is 18.8 Å². The average Bonchev–Trinajstić information content (AvgIpc) is 3.05. The van der Waals surface area contributed by atoms with Crippen molar-refractivity contribution in [2.24, 2.45) is 7.05 Å². The van der Waals surface area contributed by atoms with Crippen LogP contribution in [-0.4, -0.2) is 20.5 Å². The van der Waals surface area contributed by atoms with Crippen LogP contribution in [0.1, 0.15) is 28.7 Å². The fourth-order valence-corrected chi connectivity index (χ4v) is 3.41. The molecule has 0 N–H and O–H groups in total. The first-order chi connectivity index (χ1) is 10.1. The zero-order valence-electron chi connectivity index (χ0n) is 11.8. The van der Waals surface area contributed by atoms with Gasteiger partial charge in [0.2, 0.25) is 0 Å². The van der Waals surface area contributed by atoms with Crippen molar-refractivity contribution in [3.8, 4) is 0 Å². The molecule has 0 fully saturated rings. The summed E-state index contributed by atoms with van der Waals surface area (Å²) in [5.41, 5.74) is 3.11. The number of ketones is 1. The van der Waals surface area contributed by atoms with Crippen LogP contribution in [0.5, 0.6) is 0 Å². The molecule has 0 saturated heterocycles. The normalized spacial score (nSPS) is 11.2. The Hall–Kier alpha value is -1.72. The van der Waals surface area contributed by atoms with Crippen molar-refractivity contribution >= 4 is 38.9 Å². The predicted molar refractivity (Wildman–Crippen MR) is 85.3 cm³/mol. The van der Waals surface area contributed by atoms with Crippen molar-refractivity contribution in [3.05, 3.63) is 45.7 Å². The van der Waals surface area contributed by atoms with E-state index < -0.39 is 0 Å². The molecule has 0 radical (unpaired) electrons. The van der Waals surface area contributed by atoms with E-state index >= 15 is 0 Å². The minimum atomic E-state index is 0.00496. The number of fused-ring (bicyclic) bond motifs is 1. The molecule has 3 rings (SSSR count). The Balaban J connectivity index is 1.90. The van der Waals surface area contributed by atoms with Crippen LogP contribution >= 0.6 is 22.9 Å². The largest absolute Gasteiger partial charge is 0.294 e. The minimum Gasteiger partial charge on any atom is -0.294 e. The second-order valence-corrected chi connectivity index (χ2v) is 6.14. The van der Waals surface area contributed by atoms with Crippen LogP contribution in [0.15, 0.2) is 23.7 Å². The summed E-state index contributed by atoms with van der Waals surface area (Å²) >= 11 is 7.87. The van der Waals surface area contributed by atoms with Crippen molar-refractivity contribution in [2.75, 3.05) is 0 Å². The zero-order valence-corrected chi connectivity index (χ0v) is 13.3. The van der Waals surface area contributed by atoms with Crippen LogP contribution in [0.3, 0.4) is 0 Å². The number of hydrogen-bond donors (Lipinski definition) is 0. The smallest absolute Gasteiger partial charge is 0.170 e. The standard InChI is InChI=1S/C15H14ClN3OS/c1-3-10-15(16)12(19(2)18-10)7-13(20)9-6-14-11(17-8-9)4-5-21-14/h4-6,8H,3,7H2,1-2H3. The summed E-state index contributed by atoms with van der Waals surface area (Å²) in [6.45, 7) is 1.99. The lowest BCUT2D eigenvalue weighted by atomic mass is 10.1. The second-order valence-electron chi connectivity index (χ2n) is 4.81. The van der Waals surface area contributed by atoms with E-state index in [-0.39, 0.29) is 12.2 Å². The maximum Gasteiger partial charge on any atom is 0.170 e. The number of nitrogens with zero attached hydrogens (tertiary/aromatic N) is 3. The van der Waals surface area contributed by atoms with E-state index in [2.05, 4.69) is 10.1 Å². The number of halogens is 1. The first-order valence-corrected chi connectivity index (χ1v) is 7.92. The molecular formula is C15H14ClN3OS. The number of carbonyl (C=O) groups excluding carboxylic acids is 1. The number of thiophene rings is 1. The van der Waals surface area contributed by atoms with E-state index in [0.29, 0.717) is 10.6 Å². The highest BCUT2D eigenvalue weighted by Crippen LogP contribution is 2.24. The summed E-state index contributed by atoms with van der Waals surface area (Å²) in [6, 6.07) is 3.83. The van der Waals surface area contributed by atoms with Gasteiger partial charge in [-0.2, -0.15) is 5.10 Å². The van der Waals surface area contributed by atoms with Gasteiger partial charge in [-0.1, -0.05) is 18.5 Å². The van der Waals surface area contributed by atoms with Crippen LogP contribution in [-0.2, 0) is 19.9 Å². The van der Waals surface area contributed by atoms with E-state index in [1.54, 1.807) is 22.2 Å². The fourth-order valence-electron chi connectivity index (χ4n) is 2.26. The zero-order chi connectivity index (χ0) is 15.0. The van der Waals surface area contributed by atoms with Crippen LogP contribution < -0.4 is 0 Å². The molecule has 4 nitrogen and oxygen atoms in total. The predicted octanol–water partition coefficient (Wildman–Crippen LogP) is 3.67. The van der Waals surface area contributed by atoms with Crippen LogP contribution in [0.2, 0.25) is 5.02 Å². The van der Waals surface area contributed by atoms with E-state index in [9.17, 15) is 4.79 Å². The van der Waals surface area contributed by atoms with Crippen LogP contribution in [0.4, 0.5) is 0 Å². The highest BCUT2D eigenvalue weighted by molar-refractivity contribution is 7.17. The summed E-state index contributed by atoms with van der Waals surface area (Å²) in [4.78, 5) is 16.8. The van der Waals surface area contributed by atoms with E-state index in [1.165, 1.54) is 0 Å². The first-order valence-electron chi connectivity index (χ1n) is 6.66. The number of hydrogen-bond acceptors (Lipinski definition) is 4. The average molecular weight is 320 g/mol. The molecule has 0 amide bonds. The molecule has 0 aliphatic rings. The molecule has 108 valence electrons. The maximum atomic E-state index is 12.4. The molecule has 0 bridgehead atoms. The van der Waals surface area contributed by atoms with Gasteiger partial charge >= 0.3 is 0 Å². The van der Waals surface area contributed by atoms with E-state index in [0.717, 1.165) is 28.0 Å². The van der Waals surface area contributed by atoms with Gasteiger partial charge in [0.15, 0.2) is 5.78 Å². The van der Waals surface area contributed by atoms with Crippen LogP contribution in [0.25, 0.3) is 10.2 Å². The molecule has 0 saturated carbocycles. The molecule has 0 atom stereocenters. The minimum absolute atomic E-state index is 0.00496. The summed E-state index contributed by atoms with van der Waals surface area (Å²) in [5.74, 6) is 0.00496. The SMILES string of the molecule is CCc1nn(C)c(CC(=O)c2cnc3ccsc3c2)c1Cl. The molecule has 3 aromatic rings. The molecule has 3 aromatic heterocycles. The molecule has 3 heterocycles. The lowest BCUT2D eigenvalue weighted by Gasteiger charge is -2.03. The van der Waals surface area contributed by atoms with Gasteiger partial charge in [-0.05, 0) is 23.9 Å². The van der Waals surface area contributed by atoms with Gasteiger partial charge in [-0.25, -0.2) is 0 Å². The van der Waals surface area contributed by atoms with Gasteiger partial charge < -0.3 is 0 Å². The molecule has 0 aliphatic heterocycles. The molecule has 21 heavy (non-hydrogen) atoms. The molecular weight excluding hydrogens is 306 g/mol. The number of carbonyl (C=O) groups is 1. The monoisotopic (exact) mass is 319 g/mol. The number of Topliss-reactive ketones (excluding diaryl/α,β-unsaturated/α-hetero) is 1. The van der Waals surface area contributed by atoms with Gasteiger partial charge in [-0.15, -0.1) is 11.3 Å². The summed E-state index contributed by atoms with van der Waals surface area (Å²) < 4.78 is 2.71. The third-order valence-corrected chi connectivity index (χ3v) is 4.75. The lowest BCUT2D eigenvalue weighted by Crippen LogP contribution is -2.08. The maximum absolute atomic E-state index is 12.4. The van der Waals surface area contributed by atoms with E-state index in [4.69, 9.17) is 11.6 Å². The van der Waals surface area contributed by atoms with Gasteiger partial charge in [-0.3, -0.25) is 14.5 Å². The summed E-state index contributed by atoms with van der Waals surface area (Å²) in [6.07, 6.45) is 2.62. The van der Waals surface area contributed by atoms with Crippen molar-refractivity contribution < 1.29 is 4.79 Å². The first kappa shape index (κ1) is 14.2. The van der Waals surface area contributed by atoms with E-state index in [1.807, 2.05) is 31.5 Å². The van der Waals surface area contributed by atoms with Gasteiger partial charge in [0.1, 0.15) is 0 Å². The summed E-state index contributed by atoms with van der Waals surface area (Å²) in [7, 11) is 1.81. The van der Waals surface area contributed by atoms with Gasteiger partial charge in [0.25, 0.3) is 0 Å². The molecule has 0 unspecified atom stereocenters. The van der Waals surface area contributed by atoms with Crippen molar-refractivity contribution in [3.63, 3.8) is 0 Å². The molecule has 0 spiro atoms. The Bertz CT molecular complexity index is 822. The Morgan fingerprint density at radius 2 is 2.29 bits per heavy atom. The molecule has 0 aliphatic carbocycles. The Morgan fingerprint density at radius 1 is 1.48 bits per heavy atom. The quantitative estimate of drug-likeness (QED) is 0.689. The number of aryl methyl sites for hydroxylation is 2. The highest BCUT2D eigenvalue weighted by Gasteiger charge is 2.17. The lowest BCUT2D eigenvalue weighted by molar-refractivity contribution is 0.0990. The third kappa shape index (κ3) is 2.59. The topological polar surface area (TPSA) is 47.8 Å². The number of pyridine rings is 1. The summed E-state index contributed by atoms with van der Waals surface area (Å²) in [5, 5.41) is 6.90. The fraction of sp³-hybridized carbons (Fsp3) is 0.267. The Labute approximate surface area is 131 Å². The highest BCUT2D eigenvalue weighted by atomic mass is 35.5. The van der Waals surface area contributed by atoms with Crippen molar-refractivity contribution in [1.29, 1.82) is 0 Å². The third-order valence-electron chi connectivity index (χ3n) is 3.46. The Morgan fingerprint density at radius 3 is 3.00 bits per heavy atom. The van der Waals surface area contributed by atoms with Crippen LogP contribution in [0, 0.1) is 0 Å². The van der Waals surface area contributed by atoms with Crippen molar-refractivity contribution in [2.45, 2.75) is 19.8 Å². The Kier molecular flexibility index (Phi) is 3.78.